The minimum absolute atomic E-state index is 0.0368. The monoisotopic (exact) mass is 683 g/mol. The second kappa shape index (κ2) is 15.6. The average molecular weight is 684 g/mol. The van der Waals surface area contributed by atoms with Crippen LogP contribution in [0.5, 0.6) is 0 Å². The highest BCUT2D eigenvalue weighted by Gasteiger charge is 2.25. The van der Waals surface area contributed by atoms with E-state index >= 15 is 4.39 Å². The standard InChI is InChI=1S/C41H42FN7O2/c1-28-9-11-30(23-37(28)32-6-4-18-44-26-32)40(50)46-33-13-19-48(20-14-33)27-29-10-12-38(45-24-29)49-21-15-34(16-22-49)47-41(51)36-8-2-7-35(39(36)42)31-5-3-17-43-25-31/h2-12,17-18,23-26,33-34H,13-16,19-22,27H2,1H3,(H,46,50)(H,47,51). The number of likely N-dealkylation sites (tertiary alicyclic amines) is 1. The normalized spacial score (nSPS) is 15.8. The molecule has 0 saturated carbocycles. The first kappa shape index (κ1) is 34.0. The van der Waals surface area contributed by atoms with Crippen LogP contribution in [0.25, 0.3) is 22.3 Å². The van der Waals surface area contributed by atoms with Gasteiger partial charge in [0.2, 0.25) is 0 Å². The van der Waals surface area contributed by atoms with Gasteiger partial charge in [0.25, 0.3) is 11.8 Å². The van der Waals surface area contributed by atoms with Crippen LogP contribution in [0.3, 0.4) is 0 Å². The topological polar surface area (TPSA) is 103 Å². The van der Waals surface area contributed by atoms with Crippen LogP contribution in [0, 0.1) is 12.7 Å². The molecule has 0 radical (unpaired) electrons. The summed E-state index contributed by atoms with van der Waals surface area (Å²) in [6, 6.07) is 22.5. The van der Waals surface area contributed by atoms with Crippen LogP contribution in [0.4, 0.5) is 10.2 Å². The first-order valence-corrected chi connectivity index (χ1v) is 17.6. The van der Waals surface area contributed by atoms with Crippen LogP contribution in [0.1, 0.15) is 57.5 Å². The number of anilines is 1. The summed E-state index contributed by atoms with van der Waals surface area (Å²) in [6.07, 6.45) is 12.0. The molecule has 5 heterocycles. The van der Waals surface area contributed by atoms with Gasteiger partial charge < -0.3 is 15.5 Å². The van der Waals surface area contributed by atoms with Crippen molar-refractivity contribution < 1.29 is 14.0 Å². The van der Waals surface area contributed by atoms with Gasteiger partial charge in [-0.05, 0) is 85.7 Å². The van der Waals surface area contributed by atoms with Crippen molar-refractivity contribution in [1.29, 1.82) is 0 Å². The SMILES string of the molecule is Cc1ccc(C(=O)NC2CCN(Cc3ccc(N4CCC(NC(=O)c5cccc(-c6cccnc6)c5F)CC4)nc3)CC2)cc1-c1cccnc1. The molecule has 260 valence electrons. The molecule has 7 rings (SSSR count). The van der Waals surface area contributed by atoms with Crippen molar-refractivity contribution in [2.24, 2.45) is 0 Å². The maximum absolute atomic E-state index is 15.3. The number of amides is 2. The van der Waals surface area contributed by atoms with Crippen LogP contribution in [-0.2, 0) is 6.54 Å². The van der Waals surface area contributed by atoms with E-state index in [1.54, 1.807) is 42.9 Å². The van der Waals surface area contributed by atoms with Crippen molar-refractivity contribution in [2.75, 3.05) is 31.1 Å². The van der Waals surface area contributed by atoms with Gasteiger partial charge in [0.05, 0.1) is 5.56 Å². The fourth-order valence-corrected chi connectivity index (χ4v) is 7.02. The molecule has 2 fully saturated rings. The number of aromatic nitrogens is 3. The van der Waals surface area contributed by atoms with E-state index < -0.39 is 11.7 Å². The van der Waals surface area contributed by atoms with Gasteiger partial charge in [-0.2, -0.15) is 0 Å². The van der Waals surface area contributed by atoms with E-state index in [0.717, 1.165) is 86.5 Å². The van der Waals surface area contributed by atoms with Gasteiger partial charge in [0.1, 0.15) is 11.6 Å². The number of nitrogens with one attached hydrogen (secondary N) is 2. The third-order valence-corrected chi connectivity index (χ3v) is 9.98. The van der Waals surface area contributed by atoms with E-state index in [2.05, 4.69) is 42.5 Å². The minimum Gasteiger partial charge on any atom is -0.356 e. The fourth-order valence-electron chi connectivity index (χ4n) is 7.02. The number of carbonyl (C=O) groups is 2. The Morgan fingerprint density at radius 2 is 1.41 bits per heavy atom. The van der Waals surface area contributed by atoms with Gasteiger partial charge in [-0.15, -0.1) is 0 Å². The lowest BCUT2D eigenvalue weighted by Crippen LogP contribution is -2.45. The molecular formula is C41H42FN7O2. The largest absolute Gasteiger partial charge is 0.356 e. The Morgan fingerprint density at radius 1 is 0.745 bits per heavy atom. The van der Waals surface area contributed by atoms with Crippen molar-refractivity contribution in [1.82, 2.24) is 30.5 Å². The Morgan fingerprint density at radius 3 is 2.06 bits per heavy atom. The van der Waals surface area contributed by atoms with Gasteiger partial charge in [-0.25, -0.2) is 9.37 Å². The average Bonchev–Trinajstić information content (AvgIpc) is 3.17. The number of pyridine rings is 3. The minimum atomic E-state index is -0.532. The molecular weight excluding hydrogens is 641 g/mol. The second-order valence-corrected chi connectivity index (χ2v) is 13.5. The van der Waals surface area contributed by atoms with E-state index in [0.29, 0.717) is 16.7 Å². The first-order chi connectivity index (χ1) is 24.9. The number of hydrogen-bond donors (Lipinski definition) is 2. The lowest BCUT2D eigenvalue weighted by atomic mass is 9.98. The molecule has 2 saturated heterocycles. The predicted octanol–water partition coefficient (Wildman–Crippen LogP) is 6.45. The summed E-state index contributed by atoms with van der Waals surface area (Å²) in [6.45, 7) is 6.17. The van der Waals surface area contributed by atoms with E-state index in [1.807, 2.05) is 49.6 Å². The summed E-state index contributed by atoms with van der Waals surface area (Å²) < 4.78 is 15.3. The number of carbonyl (C=O) groups excluding carboxylic acids is 2. The molecule has 0 aliphatic carbocycles. The molecule has 2 aliphatic heterocycles. The maximum atomic E-state index is 15.3. The van der Waals surface area contributed by atoms with Crippen molar-refractivity contribution in [3.63, 3.8) is 0 Å². The zero-order valence-electron chi connectivity index (χ0n) is 28.8. The first-order valence-electron chi connectivity index (χ1n) is 17.6. The summed E-state index contributed by atoms with van der Waals surface area (Å²) in [5.74, 6) is -0.0458. The highest BCUT2D eigenvalue weighted by atomic mass is 19.1. The molecule has 0 unspecified atom stereocenters. The molecule has 2 aromatic carbocycles. The van der Waals surface area contributed by atoms with Crippen LogP contribution in [0.2, 0.25) is 0 Å². The number of benzene rings is 2. The molecule has 51 heavy (non-hydrogen) atoms. The number of aryl methyl sites for hydroxylation is 1. The third kappa shape index (κ3) is 8.13. The third-order valence-electron chi connectivity index (χ3n) is 9.98. The summed E-state index contributed by atoms with van der Waals surface area (Å²) in [5, 5.41) is 6.29. The van der Waals surface area contributed by atoms with E-state index in [1.165, 1.54) is 6.07 Å². The second-order valence-electron chi connectivity index (χ2n) is 13.5. The van der Waals surface area contributed by atoms with Crippen molar-refractivity contribution in [2.45, 2.75) is 51.2 Å². The fraction of sp³-hybridized carbons (Fsp3) is 0.293. The molecule has 3 aromatic heterocycles. The summed E-state index contributed by atoms with van der Waals surface area (Å²) in [5.41, 5.74) is 6.01. The molecule has 0 bridgehead atoms. The smallest absolute Gasteiger partial charge is 0.254 e. The Labute approximate surface area is 298 Å². The van der Waals surface area contributed by atoms with Crippen LogP contribution in [0.15, 0.2) is 104 Å². The van der Waals surface area contributed by atoms with E-state index in [9.17, 15) is 9.59 Å². The highest BCUT2D eigenvalue weighted by molar-refractivity contribution is 5.96. The molecule has 0 atom stereocenters. The Hall–Kier alpha value is -5.48. The molecule has 2 N–H and O–H groups in total. The zero-order valence-corrected chi connectivity index (χ0v) is 28.8. The molecule has 2 amide bonds. The molecule has 2 aliphatic rings. The van der Waals surface area contributed by atoms with Crippen LogP contribution >= 0.6 is 0 Å². The number of halogens is 1. The number of rotatable bonds is 9. The molecule has 5 aromatic rings. The summed E-state index contributed by atoms with van der Waals surface area (Å²) in [7, 11) is 0. The number of piperidine rings is 2. The Balaban J connectivity index is 0.856. The Kier molecular flexibility index (Phi) is 10.4. The van der Waals surface area contributed by atoms with Gasteiger partial charge in [0.15, 0.2) is 0 Å². The van der Waals surface area contributed by atoms with Crippen LogP contribution < -0.4 is 15.5 Å². The van der Waals surface area contributed by atoms with E-state index in [-0.39, 0.29) is 23.6 Å². The quantitative estimate of drug-likeness (QED) is 0.184. The van der Waals surface area contributed by atoms with Gasteiger partial charge >= 0.3 is 0 Å². The predicted molar refractivity (Wildman–Crippen MR) is 197 cm³/mol. The van der Waals surface area contributed by atoms with Crippen molar-refractivity contribution in [3.05, 3.63) is 132 Å². The van der Waals surface area contributed by atoms with Crippen LogP contribution in [-0.4, -0.2) is 69.9 Å². The molecule has 10 heteroatoms. The van der Waals surface area contributed by atoms with E-state index in [4.69, 9.17) is 4.98 Å². The molecule has 9 nitrogen and oxygen atoms in total. The van der Waals surface area contributed by atoms with Gasteiger partial charge in [-0.1, -0.05) is 36.4 Å². The summed E-state index contributed by atoms with van der Waals surface area (Å²) >= 11 is 0. The number of hydrogen-bond acceptors (Lipinski definition) is 7. The Bertz CT molecular complexity index is 1960. The maximum Gasteiger partial charge on any atom is 0.254 e. The van der Waals surface area contributed by atoms with Gasteiger partial charge in [-0.3, -0.25) is 24.5 Å². The molecule has 0 spiro atoms. The summed E-state index contributed by atoms with van der Waals surface area (Å²) in [4.78, 5) is 43.9. The lowest BCUT2D eigenvalue weighted by molar-refractivity contribution is 0.0905. The van der Waals surface area contributed by atoms with Crippen molar-refractivity contribution >= 4 is 17.6 Å². The lowest BCUT2D eigenvalue weighted by Gasteiger charge is -2.34. The van der Waals surface area contributed by atoms with Crippen molar-refractivity contribution in [3.8, 4) is 22.3 Å². The highest BCUT2D eigenvalue weighted by Crippen LogP contribution is 2.26. The number of nitrogens with zero attached hydrogens (tertiary/aromatic N) is 5. The van der Waals surface area contributed by atoms with Gasteiger partial charge in [0, 0.05) is 98.0 Å². The zero-order chi connectivity index (χ0) is 35.2.